The third kappa shape index (κ3) is 5.65. The first-order valence-corrected chi connectivity index (χ1v) is 12.3. The lowest BCUT2D eigenvalue weighted by molar-refractivity contribution is 0.0835. The quantitative estimate of drug-likeness (QED) is 0.369. The molecule has 0 radical (unpaired) electrons. The Morgan fingerprint density at radius 3 is 2.32 bits per heavy atom. The van der Waals surface area contributed by atoms with Crippen LogP contribution in [-0.4, -0.2) is 13.5 Å². The van der Waals surface area contributed by atoms with Crippen LogP contribution in [0.5, 0.6) is 11.5 Å². The maximum Gasteiger partial charge on any atom is 0.235 e. The number of hydrogen-bond donors (Lipinski definition) is 0. The van der Waals surface area contributed by atoms with Crippen molar-refractivity contribution in [2.45, 2.75) is 80.0 Å². The molecule has 0 fully saturated rings. The van der Waals surface area contributed by atoms with Crippen LogP contribution in [0.4, 0.5) is 15.8 Å². The highest BCUT2D eigenvalue weighted by atomic mass is 19.1. The number of rotatable bonds is 9. The summed E-state index contributed by atoms with van der Waals surface area (Å²) in [5.41, 5.74) is 7.68. The van der Waals surface area contributed by atoms with Gasteiger partial charge in [0.1, 0.15) is 11.5 Å². The highest BCUT2D eigenvalue weighted by molar-refractivity contribution is 5.83. The second-order valence-electron chi connectivity index (χ2n) is 10.3. The van der Waals surface area contributed by atoms with Crippen LogP contribution in [0.15, 0.2) is 48.2 Å². The lowest BCUT2D eigenvalue weighted by Gasteiger charge is -2.30. The summed E-state index contributed by atoms with van der Waals surface area (Å²) in [5, 5.41) is 0. The van der Waals surface area contributed by atoms with Gasteiger partial charge >= 0.3 is 0 Å². The molecular formula is C30H40FNO2. The lowest BCUT2D eigenvalue weighted by Crippen LogP contribution is -2.19. The fourth-order valence-corrected chi connectivity index (χ4v) is 4.40. The first-order chi connectivity index (χ1) is 16.0. The molecule has 34 heavy (non-hydrogen) atoms. The predicted octanol–water partition coefficient (Wildman–Crippen LogP) is 8.87. The fourth-order valence-electron chi connectivity index (χ4n) is 4.40. The van der Waals surface area contributed by atoms with E-state index in [1.807, 2.05) is 12.1 Å². The minimum absolute atomic E-state index is 0.278. The van der Waals surface area contributed by atoms with Gasteiger partial charge in [0.2, 0.25) is 6.36 Å². The van der Waals surface area contributed by atoms with Crippen LogP contribution in [0.2, 0.25) is 0 Å². The molecule has 0 spiro atoms. The number of benzene rings is 2. The van der Waals surface area contributed by atoms with E-state index < -0.39 is 6.36 Å². The predicted molar refractivity (Wildman–Crippen MR) is 142 cm³/mol. The summed E-state index contributed by atoms with van der Waals surface area (Å²) in [4.78, 5) is 2.17. The van der Waals surface area contributed by atoms with Gasteiger partial charge in [-0.3, -0.25) is 0 Å². The van der Waals surface area contributed by atoms with E-state index in [1.54, 1.807) is 7.11 Å². The van der Waals surface area contributed by atoms with E-state index in [-0.39, 0.29) is 5.41 Å². The van der Waals surface area contributed by atoms with Gasteiger partial charge in [-0.1, -0.05) is 52.3 Å². The molecule has 0 heterocycles. The zero-order valence-corrected chi connectivity index (χ0v) is 22.3. The van der Waals surface area contributed by atoms with Crippen molar-refractivity contribution < 1.29 is 13.9 Å². The third-order valence-electron chi connectivity index (χ3n) is 6.40. The van der Waals surface area contributed by atoms with Crippen molar-refractivity contribution in [3.63, 3.8) is 0 Å². The first-order valence-electron chi connectivity index (χ1n) is 12.3. The molecule has 0 saturated carbocycles. The number of halogens is 1. The maximum atomic E-state index is 14.1. The molecule has 3 rings (SSSR count). The van der Waals surface area contributed by atoms with Crippen LogP contribution in [0.1, 0.15) is 78.0 Å². The molecule has 1 aliphatic rings. The van der Waals surface area contributed by atoms with Crippen LogP contribution >= 0.6 is 0 Å². The molecule has 1 aliphatic carbocycles. The van der Waals surface area contributed by atoms with Gasteiger partial charge in [0, 0.05) is 42.4 Å². The largest absolute Gasteiger partial charge is 0.496 e. The molecule has 0 saturated heterocycles. The Morgan fingerprint density at radius 2 is 1.82 bits per heavy atom. The monoisotopic (exact) mass is 465 g/mol. The van der Waals surface area contributed by atoms with E-state index in [0.717, 1.165) is 29.8 Å². The van der Waals surface area contributed by atoms with Crippen LogP contribution in [0, 0.1) is 12.8 Å². The van der Waals surface area contributed by atoms with Gasteiger partial charge in [0.25, 0.3) is 0 Å². The number of ether oxygens (including phenoxy) is 2. The number of nitrogens with zero attached hydrogens (tertiary/aromatic N) is 1. The van der Waals surface area contributed by atoms with Crippen molar-refractivity contribution in [2.24, 2.45) is 5.92 Å². The van der Waals surface area contributed by atoms with Gasteiger partial charge in [0.05, 0.1) is 12.8 Å². The minimum Gasteiger partial charge on any atom is -0.496 e. The second kappa shape index (κ2) is 10.2. The van der Waals surface area contributed by atoms with E-state index in [0.29, 0.717) is 17.4 Å². The van der Waals surface area contributed by atoms with Crippen molar-refractivity contribution in [2.75, 3.05) is 12.0 Å². The Hall–Kier alpha value is -2.75. The average Bonchev–Trinajstić information content (AvgIpc) is 3.55. The minimum atomic E-state index is -1.43. The fraction of sp³-hybridized carbons (Fsp3) is 0.467. The van der Waals surface area contributed by atoms with Gasteiger partial charge in [-0.25, -0.2) is 4.39 Å². The third-order valence-corrected chi connectivity index (χ3v) is 6.40. The van der Waals surface area contributed by atoms with Crippen LogP contribution in [-0.2, 0) is 5.41 Å². The average molecular weight is 466 g/mol. The van der Waals surface area contributed by atoms with Gasteiger partial charge in [-0.2, -0.15) is 0 Å². The van der Waals surface area contributed by atoms with E-state index in [4.69, 9.17) is 9.47 Å². The summed E-state index contributed by atoms with van der Waals surface area (Å²) < 4.78 is 25.6. The summed E-state index contributed by atoms with van der Waals surface area (Å²) in [5.74, 6) is 1.81. The smallest absolute Gasteiger partial charge is 0.235 e. The van der Waals surface area contributed by atoms with Crippen molar-refractivity contribution in [3.8, 4) is 11.5 Å². The van der Waals surface area contributed by atoms with Crippen LogP contribution in [0.3, 0.4) is 0 Å². The molecule has 0 aliphatic heterocycles. The molecule has 3 nitrogen and oxygen atoms in total. The van der Waals surface area contributed by atoms with Crippen molar-refractivity contribution in [3.05, 3.63) is 64.9 Å². The Bertz CT molecular complexity index is 1090. The number of anilines is 2. The molecule has 0 bridgehead atoms. The maximum absolute atomic E-state index is 14.1. The number of allylic oxidation sites excluding steroid dienone is 3. The summed E-state index contributed by atoms with van der Waals surface area (Å²) in [6.07, 6.45) is 5.14. The van der Waals surface area contributed by atoms with Gasteiger partial charge in [0.15, 0.2) is 0 Å². The van der Waals surface area contributed by atoms with Gasteiger partial charge < -0.3 is 14.4 Å². The summed E-state index contributed by atoms with van der Waals surface area (Å²) in [6, 6.07) is 10.6. The molecule has 184 valence electrons. The SMILES string of the molecule is CC/C(C)=C\N(c1cc(OC)c(C(C)(C)C)c(OC(C)F)c1)c1ccc(C2=C[C@H]2CC)cc1C. The first kappa shape index (κ1) is 25.9. The zero-order valence-electron chi connectivity index (χ0n) is 22.3. The molecule has 2 aromatic rings. The Morgan fingerprint density at radius 1 is 1.15 bits per heavy atom. The van der Waals surface area contributed by atoms with Crippen LogP contribution in [0.25, 0.3) is 5.57 Å². The summed E-state index contributed by atoms with van der Waals surface area (Å²) in [7, 11) is 1.65. The number of aryl methyl sites for hydroxylation is 1. The molecule has 1 unspecified atom stereocenters. The Balaban J connectivity index is 2.17. The molecular weight excluding hydrogens is 425 g/mol. The molecule has 2 atom stereocenters. The standard InChI is InChI=1S/C30H40FNO2/c1-10-19(3)18-32(26-13-12-23(14-20(26)4)25-15-22(25)11-2)24-16-27(33-9)29(30(6,7)8)28(17-24)34-21(5)31/h12-18,21-22H,10-11H2,1-9H3/b19-18-/t21?,22-/m1/s1. The molecule has 0 N–H and O–H groups in total. The normalized spacial score (nSPS) is 16.7. The summed E-state index contributed by atoms with van der Waals surface area (Å²) >= 11 is 0. The number of alkyl halides is 1. The molecule has 4 heteroatoms. The van der Waals surface area contributed by atoms with E-state index in [1.165, 1.54) is 29.2 Å². The van der Waals surface area contributed by atoms with Gasteiger partial charge in [-0.05, 0) is 60.9 Å². The molecule has 0 aromatic heterocycles. The van der Waals surface area contributed by atoms with E-state index >= 15 is 0 Å². The van der Waals surface area contributed by atoms with Crippen molar-refractivity contribution in [1.29, 1.82) is 0 Å². The zero-order chi connectivity index (χ0) is 25.2. The lowest BCUT2D eigenvalue weighted by atomic mass is 9.85. The Kier molecular flexibility index (Phi) is 7.80. The highest BCUT2D eigenvalue weighted by Crippen LogP contribution is 2.46. The summed E-state index contributed by atoms with van der Waals surface area (Å²) in [6.45, 7) is 16.3. The molecule has 2 aromatic carbocycles. The topological polar surface area (TPSA) is 21.7 Å². The van der Waals surface area contributed by atoms with Gasteiger partial charge in [-0.15, -0.1) is 0 Å². The van der Waals surface area contributed by atoms with Crippen LogP contribution < -0.4 is 14.4 Å². The second-order valence-corrected chi connectivity index (χ2v) is 10.3. The van der Waals surface area contributed by atoms with Crippen molar-refractivity contribution in [1.82, 2.24) is 0 Å². The number of methoxy groups -OCH3 is 1. The molecule has 0 amide bonds. The van der Waals surface area contributed by atoms with E-state index in [2.05, 4.69) is 83.8 Å². The Labute approximate surface area is 205 Å². The van der Waals surface area contributed by atoms with E-state index in [9.17, 15) is 4.39 Å². The van der Waals surface area contributed by atoms with Crippen molar-refractivity contribution >= 4 is 16.9 Å². The number of hydrogen-bond acceptors (Lipinski definition) is 3. The highest BCUT2D eigenvalue weighted by Gasteiger charge is 2.28.